The number of nitrogens with zero attached hydrogens (tertiary/aromatic N) is 2. The molecule has 2 aliphatic rings. The van der Waals surface area contributed by atoms with Crippen molar-refractivity contribution in [1.82, 2.24) is 0 Å². The van der Waals surface area contributed by atoms with Gasteiger partial charge in [-0.1, -0.05) is 17.7 Å². The molecule has 1 atom stereocenters. The Kier molecular flexibility index (Phi) is 4.16. The molecule has 136 valence electrons. The summed E-state index contributed by atoms with van der Waals surface area (Å²) in [6.07, 6.45) is 2.55. The van der Waals surface area contributed by atoms with Gasteiger partial charge in [0.1, 0.15) is 16.9 Å². The second kappa shape index (κ2) is 6.51. The molecule has 0 bridgehead atoms. The summed E-state index contributed by atoms with van der Waals surface area (Å²) in [5.41, 5.74) is 2.01. The summed E-state index contributed by atoms with van der Waals surface area (Å²) in [6, 6.07) is 9.75. The Hall–Kier alpha value is -3.19. The number of nitro groups is 1. The first-order valence-electron chi connectivity index (χ1n) is 8.17. The third-order valence-electron chi connectivity index (χ3n) is 4.23. The number of cyclic esters (lactones) is 1. The number of hydrogen-bond donors (Lipinski definition) is 0. The van der Waals surface area contributed by atoms with Gasteiger partial charge < -0.3 is 9.47 Å². The Bertz CT molecular complexity index is 1040. The molecule has 0 spiro atoms. The fraction of sp³-hybridized carbons (Fsp3) is 0.158. The number of benzene rings is 2. The van der Waals surface area contributed by atoms with E-state index in [4.69, 9.17) is 21.1 Å². The standard InChI is InChI=1S/C19H13ClN2O5/c1-10-6-13-7-11(2-5-17(13)26-10)8-15-19(23)27-18(21-15)12-3-4-14(20)16(9-12)22(24)25/h2-5,7-10H,6H2,1H3/b15-8+/t10-/m0/s1. The van der Waals surface area contributed by atoms with Crippen LogP contribution in [-0.4, -0.2) is 22.9 Å². The van der Waals surface area contributed by atoms with Gasteiger partial charge in [0, 0.05) is 18.1 Å². The largest absolute Gasteiger partial charge is 0.490 e. The molecule has 8 heteroatoms. The van der Waals surface area contributed by atoms with E-state index in [1.807, 2.05) is 25.1 Å². The van der Waals surface area contributed by atoms with E-state index < -0.39 is 10.9 Å². The lowest BCUT2D eigenvalue weighted by atomic mass is 10.1. The molecule has 0 N–H and O–H groups in total. The minimum atomic E-state index is -0.618. The van der Waals surface area contributed by atoms with Gasteiger partial charge in [0.15, 0.2) is 5.70 Å². The maximum absolute atomic E-state index is 12.1. The summed E-state index contributed by atoms with van der Waals surface area (Å²) in [5, 5.41) is 11.0. The van der Waals surface area contributed by atoms with Gasteiger partial charge in [0.2, 0.25) is 5.90 Å². The normalized spacial score (nSPS) is 19.5. The lowest BCUT2D eigenvalue weighted by Gasteiger charge is -2.02. The van der Waals surface area contributed by atoms with Gasteiger partial charge >= 0.3 is 5.97 Å². The summed E-state index contributed by atoms with van der Waals surface area (Å²) in [5.74, 6) is 0.230. The number of rotatable bonds is 3. The average molecular weight is 385 g/mol. The number of aliphatic imine (C=N–C) groups is 1. The molecule has 0 fully saturated rings. The van der Waals surface area contributed by atoms with Crippen LogP contribution in [0.3, 0.4) is 0 Å². The van der Waals surface area contributed by atoms with Gasteiger partial charge in [0.05, 0.1) is 4.92 Å². The van der Waals surface area contributed by atoms with Crippen molar-refractivity contribution in [3.8, 4) is 5.75 Å². The number of carbonyl (C=O) groups is 1. The van der Waals surface area contributed by atoms with Crippen LogP contribution in [0.1, 0.15) is 23.6 Å². The van der Waals surface area contributed by atoms with E-state index >= 15 is 0 Å². The number of nitro benzene ring substituents is 1. The van der Waals surface area contributed by atoms with E-state index in [2.05, 4.69) is 4.99 Å². The van der Waals surface area contributed by atoms with Crippen LogP contribution < -0.4 is 4.74 Å². The minimum absolute atomic E-state index is 0.000901. The van der Waals surface area contributed by atoms with Crippen LogP contribution in [0, 0.1) is 10.1 Å². The van der Waals surface area contributed by atoms with Crippen molar-refractivity contribution in [3.63, 3.8) is 0 Å². The predicted octanol–water partition coefficient (Wildman–Crippen LogP) is 3.92. The van der Waals surface area contributed by atoms with Crippen molar-refractivity contribution in [2.24, 2.45) is 4.99 Å². The van der Waals surface area contributed by atoms with Crippen molar-refractivity contribution in [1.29, 1.82) is 0 Å². The van der Waals surface area contributed by atoms with Gasteiger partial charge in [0.25, 0.3) is 5.69 Å². The second-order valence-corrected chi connectivity index (χ2v) is 6.67. The number of hydrogen-bond acceptors (Lipinski definition) is 6. The molecule has 2 aromatic carbocycles. The highest BCUT2D eigenvalue weighted by Crippen LogP contribution is 2.31. The summed E-state index contributed by atoms with van der Waals surface area (Å²) < 4.78 is 10.8. The van der Waals surface area contributed by atoms with E-state index in [0.29, 0.717) is 5.56 Å². The highest BCUT2D eigenvalue weighted by Gasteiger charge is 2.26. The Morgan fingerprint density at radius 3 is 2.89 bits per heavy atom. The van der Waals surface area contributed by atoms with Gasteiger partial charge in [-0.2, -0.15) is 0 Å². The number of fused-ring (bicyclic) bond motifs is 1. The van der Waals surface area contributed by atoms with Crippen LogP contribution in [0.5, 0.6) is 5.75 Å². The SMILES string of the molecule is C[C@H]1Cc2cc(/C=C3/N=C(c4ccc(Cl)c([N+](=O)[O-])c4)OC3=O)ccc2O1. The predicted molar refractivity (Wildman–Crippen MR) is 98.9 cm³/mol. The topological polar surface area (TPSA) is 91.0 Å². The molecule has 0 aromatic heterocycles. The average Bonchev–Trinajstić information content (AvgIpc) is 3.16. The fourth-order valence-electron chi connectivity index (χ4n) is 3.01. The van der Waals surface area contributed by atoms with Crippen molar-refractivity contribution in [2.75, 3.05) is 0 Å². The quantitative estimate of drug-likeness (QED) is 0.346. The molecule has 4 rings (SSSR count). The van der Waals surface area contributed by atoms with E-state index in [-0.39, 0.29) is 28.4 Å². The zero-order chi connectivity index (χ0) is 19.1. The molecule has 0 unspecified atom stereocenters. The van der Waals surface area contributed by atoms with Gasteiger partial charge in [-0.05, 0) is 48.4 Å². The second-order valence-electron chi connectivity index (χ2n) is 6.26. The molecule has 0 saturated heterocycles. The number of carbonyl (C=O) groups excluding carboxylic acids is 1. The lowest BCUT2D eigenvalue weighted by molar-refractivity contribution is -0.384. The summed E-state index contributed by atoms with van der Waals surface area (Å²) >= 11 is 5.81. The molecule has 7 nitrogen and oxygen atoms in total. The van der Waals surface area contributed by atoms with Crippen molar-refractivity contribution in [2.45, 2.75) is 19.4 Å². The Labute approximate surface area is 159 Å². The summed E-state index contributed by atoms with van der Waals surface area (Å²) in [7, 11) is 0. The molecule has 0 radical (unpaired) electrons. The number of ether oxygens (including phenoxy) is 2. The maximum Gasteiger partial charge on any atom is 0.363 e. The zero-order valence-corrected chi connectivity index (χ0v) is 14.9. The molecular formula is C19H13ClN2O5. The Morgan fingerprint density at radius 1 is 1.30 bits per heavy atom. The first-order chi connectivity index (χ1) is 12.9. The van der Waals surface area contributed by atoms with Crippen LogP contribution in [-0.2, 0) is 16.0 Å². The van der Waals surface area contributed by atoms with Crippen molar-refractivity contribution in [3.05, 3.63) is 73.9 Å². The Balaban J connectivity index is 1.66. The summed E-state index contributed by atoms with van der Waals surface area (Å²) in [6.45, 7) is 1.99. The van der Waals surface area contributed by atoms with Crippen LogP contribution in [0.2, 0.25) is 5.02 Å². The third kappa shape index (κ3) is 3.29. The fourth-order valence-corrected chi connectivity index (χ4v) is 3.19. The van der Waals surface area contributed by atoms with Crippen molar-refractivity contribution < 1.29 is 19.2 Å². The van der Waals surface area contributed by atoms with Crippen LogP contribution in [0.15, 0.2) is 47.1 Å². The highest BCUT2D eigenvalue weighted by atomic mass is 35.5. The number of esters is 1. The van der Waals surface area contributed by atoms with E-state index in [1.54, 1.807) is 6.08 Å². The van der Waals surface area contributed by atoms with Crippen LogP contribution in [0.4, 0.5) is 5.69 Å². The van der Waals surface area contributed by atoms with Crippen LogP contribution in [0.25, 0.3) is 6.08 Å². The Morgan fingerprint density at radius 2 is 2.11 bits per heavy atom. The highest BCUT2D eigenvalue weighted by molar-refractivity contribution is 6.32. The molecular weight excluding hydrogens is 372 g/mol. The third-order valence-corrected chi connectivity index (χ3v) is 4.55. The molecule has 0 saturated carbocycles. The molecule has 0 amide bonds. The monoisotopic (exact) mass is 384 g/mol. The minimum Gasteiger partial charge on any atom is -0.490 e. The first-order valence-corrected chi connectivity index (χ1v) is 8.55. The lowest BCUT2D eigenvalue weighted by Crippen LogP contribution is -2.06. The van der Waals surface area contributed by atoms with E-state index in [0.717, 1.165) is 23.3 Å². The van der Waals surface area contributed by atoms with Crippen molar-refractivity contribution >= 4 is 35.2 Å². The molecule has 27 heavy (non-hydrogen) atoms. The maximum atomic E-state index is 12.1. The molecule has 0 aliphatic carbocycles. The first kappa shape index (κ1) is 17.2. The van der Waals surface area contributed by atoms with Gasteiger partial charge in [-0.25, -0.2) is 9.79 Å². The molecule has 2 aromatic rings. The number of halogens is 1. The summed E-state index contributed by atoms with van der Waals surface area (Å²) in [4.78, 5) is 26.7. The van der Waals surface area contributed by atoms with Gasteiger partial charge in [-0.15, -0.1) is 0 Å². The molecule has 2 heterocycles. The van der Waals surface area contributed by atoms with Crippen LogP contribution >= 0.6 is 11.6 Å². The smallest absolute Gasteiger partial charge is 0.363 e. The zero-order valence-electron chi connectivity index (χ0n) is 14.1. The van der Waals surface area contributed by atoms with E-state index in [1.165, 1.54) is 18.2 Å². The molecule has 2 aliphatic heterocycles. The van der Waals surface area contributed by atoms with E-state index in [9.17, 15) is 14.9 Å². The van der Waals surface area contributed by atoms with Gasteiger partial charge in [-0.3, -0.25) is 10.1 Å².